The third-order valence-electron chi connectivity index (χ3n) is 3.18. The average molecular weight is 286 g/mol. The van der Waals surface area contributed by atoms with E-state index in [1.807, 2.05) is 11.8 Å². The van der Waals surface area contributed by atoms with Crippen molar-refractivity contribution in [3.05, 3.63) is 23.7 Å². The number of nitrogens with zero attached hydrogens (tertiary/aromatic N) is 1. The van der Waals surface area contributed by atoms with Crippen LogP contribution in [0.3, 0.4) is 0 Å². The highest BCUT2D eigenvalue weighted by molar-refractivity contribution is 9.09. The van der Waals surface area contributed by atoms with Crippen LogP contribution in [0.1, 0.15) is 29.0 Å². The first-order chi connectivity index (χ1) is 7.72. The summed E-state index contributed by atoms with van der Waals surface area (Å²) in [5.41, 5.74) is 0.708. The first kappa shape index (κ1) is 11.7. The Balaban J connectivity index is 2.00. The van der Waals surface area contributed by atoms with E-state index in [9.17, 15) is 4.79 Å². The lowest BCUT2D eigenvalue weighted by atomic mass is 10.1. The molecule has 0 bridgehead atoms. The zero-order valence-electron chi connectivity index (χ0n) is 9.41. The molecule has 2 heterocycles. The van der Waals surface area contributed by atoms with Crippen LogP contribution < -0.4 is 0 Å². The molecule has 1 atom stereocenters. The van der Waals surface area contributed by atoms with Crippen LogP contribution in [-0.2, 0) is 0 Å². The molecule has 1 aliphatic heterocycles. The van der Waals surface area contributed by atoms with Crippen molar-refractivity contribution >= 4 is 21.8 Å². The summed E-state index contributed by atoms with van der Waals surface area (Å²) in [6, 6.07) is 1.76. The minimum absolute atomic E-state index is 0.114. The van der Waals surface area contributed by atoms with Gasteiger partial charge in [-0.15, -0.1) is 0 Å². The summed E-state index contributed by atoms with van der Waals surface area (Å²) in [6.45, 7) is 3.59. The molecule has 1 amide bonds. The van der Waals surface area contributed by atoms with Crippen LogP contribution in [0, 0.1) is 12.8 Å². The van der Waals surface area contributed by atoms with Gasteiger partial charge in [-0.25, -0.2) is 0 Å². The number of hydrogen-bond donors (Lipinski definition) is 0. The maximum Gasteiger partial charge on any atom is 0.257 e. The number of hydrogen-bond acceptors (Lipinski definition) is 2. The van der Waals surface area contributed by atoms with E-state index in [-0.39, 0.29) is 5.91 Å². The fourth-order valence-electron chi connectivity index (χ4n) is 2.18. The summed E-state index contributed by atoms with van der Waals surface area (Å²) in [5, 5.41) is 1.02. The van der Waals surface area contributed by atoms with Crippen molar-refractivity contribution in [1.29, 1.82) is 0 Å². The van der Waals surface area contributed by atoms with Crippen molar-refractivity contribution in [3.8, 4) is 0 Å². The van der Waals surface area contributed by atoms with Crippen molar-refractivity contribution in [2.24, 2.45) is 5.92 Å². The molecular formula is C12H16BrNO2. The number of halogens is 1. The fraction of sp³-hybridized carbons (Fsp3) is 0.583. The largest absolute Gasteiger partial charge is 0.469 e. The number of amides is 1. The average Bonchev–Trinajstić information content (AvgIpc) is 2.87. The molecule has 16 heavy (non-hydrogen) atoms. The zero-order chi connectivity index (χ0) is 11.5. The van der Waals surface area contributed by atoms with Gasteiger partial charge < -0.3 is 9.32 Å². The van der Waals surface area contributed by atoms with Gasteiger partial charge in [-0.05, 0) is 31.7 Å². The maximum absolute atomic E-state index is 12.1. The van der Waals surface area contributed by atoms with Crippen LogP contribution >= 0.6 is 15.9 Å². The van der Waals surface area contributed by atoms with E-state index in [0.29, 0.717) is 17.2 Å². The molecule has 1 unspecified atom stereocenters. The fourth-order valence-corrected chi connectivity index (χ4v) is 2.83. The number of aryl methyl sites for hydroxylation is 1. The molecule has 1 aromatic rings. The monoisotopic (exact) mass is 285 g/mol. The lowest BCUT2D eigenvalue weighted by Crippen LogP contribution is -2.28. The second kappa shape index (κ2) is 5.04. The van der Waals surface area contributed by atoms with Crippen molar-refractivity contribution in [1.82, 2.24) is 4.90 Å². The van der Waals surface area contributed by atoms with Gasteiger partial charge in [0.1, 0.15) is 5.76 Å². The number of likely N-dealkylation sites (tertiary alicyclic amines) is 1. The smallest absolute Gasteiger partial charge is 0.257 e. The van der Waals surface area contributed by atoms with Crippen LogP contribution in [0.15, 0.2) is 16.7 Å². The van der Waals surface area contributed by atoms with Gasteiger partial charge in [-0.1, -0.05) is 15.9 Å². The van der Waals surface area contributed by atoms with Crippen molar-refractivity contribution in [2.75, 3.05) is 18.4 Å². The first-order valence-corrected chi connectivity index (χ1v) is 6.74. The van der Waals surface area contributed by atoms with Gasteiger partial charge in [0.05, 0.1) is 11.8 Å². The molecule has 2 rings (SSSR count). The van der Waals surface area contributed by atoms with E-state index in [1.165, 1.54) is 0 Å². The highest BCUT2D eigenvalue weighted by atomic mass is 79.9. The summed E-state index contributed by atoms with van der Waals surface area (Å²) in [4.78, 5) is 14.1. The molecule has 1 saturated heterocycles. The molecule has 1 aromatic heterocycles. The van der Waals surface area contributed by atoms with Gasteiger partial charge in [0, 0.05) is 18.4 Å². The first-order valence-electron chi connectivity index (χ1n) is 5.61. The Bertz CT molecular complexity index is 375. The Morgan fingerprint density at radius 2 is 2.50 bits per heavy atom. The van der Waals surface area contributed by atoms with E-state index >= 15 is 0 Å². The predicted octanol–water partition coefficient (Wildman–Crippen LogP) is 2.84. The Hall–Kier alpha value is -0.770. The molecule has 88 valence electrons. The second-order valence-corrected chi connectivity index (χ2v) is 5.07. The maximum atomic E-state index is 12.1. The van der Waals surface area contributed by atoms with Crippen LogP contribution in [0.4, 0.5) is 0 Å². The van der Waals surface area contributed by atoms with E-state index in [1.54, 1.807) is 12.3 Å². The van der Waals surface area contributed by atoms with Gasteiger partial charge in [0.15, 0.2) is 0 Å². The summed E-state index contributed by atoms with van der Waals surface area (Å²) in [5.74, 6) is 1.48. The van der Waals surface area contributed by atoms with E-state index in [0.717, 1.165) is 31.3 Å². The van der Waals surface area contributed by atoms with Gasteiger partial charge in [-0.3, -0.25) is 4.79 Å². The molecule has 0 aliphatic carbocycles. The molecule has 0 radical (unpaired) electrons. The summed E-state index contributed by atoms with van der Waals surface area (Å²) >= 11 is 3.45. The molecule has 0 aromatic carbocycles. The summed E-state index contributed by atoms with van der Waals surface area (Å²) < 4.78 is 5.16. The lowest BCUT2D eigenvalue weighted by Gasteiger charge is -2.15. The topological polar surface area (TPSA) is 33.5 Å². The predicted molar refractivity (Wildman–Crippen MR) is 65.9 cm³/mol. The minimum atomic E-state index is 0.114. The number of alkyl halides is 1. The number of rotatable bonds is 3. The highest BCUT2D eigenvalue weighted by Gasteiger charge is 2.27. The van der Waals surface area contributed by atoms with Crippen molar-refractivity contribution < 1.29 is 9.21 Å². The zero-order valence-corrected chi connectivity index (χ0v) is 11.0. The number of carbonyl (C=O) groups is 1. The molecule has 0 saturated carbocycles. The third kappa shape index (κ3) is 2.32. The van der Waals surface area contributed by atoms with Gasteiger partial charge in [-0.2, -0.15) is 0 Å². The Kier molecular flexibility index (Phi) is 3.69. The van der Waals surface area contributed by atoms with Crippen LogP contribution in [-0.4, -0.2) is 29.2 Å². The van der Waals surface area contributed by atoms with Gasteiger partial charge in [0.25, 0.3) is 5.91 Å². The third-order valence-corrected chi connectivity index (χ3v) is 3.64. The molecular weight excluding hydrogens is 270 g/mol. The number of carbonyl (C=O) groups excluding carboxylic acids is 1. The normalized spacial score (nSPS) is 20.4. The highest BCUT2D eigenvalue weighted by Crippen LogP contribution is 2.23. The van der Waals surface area contributed by atoms with Crippen LogP contribution in [0.2, 0.25) is 0 Å². The van der Waals surface area contributed by atoms with E-state index in [2.05, 4.69) is 15.9 Å². The van der Waals surface area contributed by atoms with E-state index < -0.39 is 0 Å². The molecule has 0 spiro atoms. The Morgan fingerprint density at radius 1 is 1.69 bits per heavy atom. The molecule has 1 fully saturated rings. The van der Waals surface area contributed by atoms with Crippen LogP contribution in [0.25, 0.3) is 0 Å². The summed E-state index contributed by atoms with van der Waals surface area (Å²) in [7, 11) is 0. The van der Waals surface area contributed by atoms with Gasteiger partial charge >= 0.3 is 0 Å². The second-order valence-electron chi connectivity index (χ2n) is 4.27. The van der Waals surface area contributed by atoms with Gasteiger partial charge in [0.2, 0.25) is 0 Å². The van der Waals surface area contributed by atoms with Crippen LogP contribution in [0.5, 0.6) is 0 Å². The molecule has 4 heteroatoms. The van der Waals surface area contributed by atoms with Crippen molar-refractivity contribution in [3.63, 3.8) is 0 Å². The quantitative estimate of drug-likeness (QED) is 0.801. The van der Waals surface area contributed by atoms with E-state index in [4.69, 9.17) is 4.42 Å². The summed E-state index contributed by atoms with van der Waals surface area (Å²) in [6.07, 6.45) is 3.84. The minimum Gasteiger partial charge on any atom is -0.469 e. The number of furan rings is 1. The molecule has 0 N–H and O–H groups in total. The molecule has 3 nitrogen and oxygen atoms in total. The standard InChI is InChI=1S/C12H16BrNO2/c1-9-11(4-7-16-9)12(15)14-6-3-10(8-14)2-5-13/h4,7,10H,2-3,5-6,8H2,1H3. The molecule has 1 aliphatic rings. The lowest BCUT2D eigenvalue weighted by molar-refractivity contribution is 0.0785. The van der Waals surface area contributed by atoms with Crippen molar-refractivity contribution in [2.45, 2.75) is 19.8 Å². The SMILES string of the molecule is Cc1occc1C(=O)N1CCC(CCBr)C1. The Labute approximate surface area is 104 Å². The Morgan fingerprint density at radius 3 is 3.12 bits per heavy atom.